The van der Waals surface area contributed by atoms with Gasteiger partial charge < -0.3 is 64.0 Å². The average molecular weight is 868 g/mol. The predicted octanol–water partition coefficient (Wildman–Crippen LogP) is -1.88. The van der Waals surface area contributed by atoms with E-state index in [0.29, 0.717) is 5.56 Å². The number of carboxylic acids is 5. The number of hydrogen-bond acceptors (Lipinski definition) is 16. The van der Waals surface area contributed by atoms with Gasteiger partial charge in [0.05, 0.1) is 0 Å². The first-order chi connectivity index (χ1) is 26.7. The third-order valence-corrected chi connectivity index (χ3v) is 9.85. The molecule has 0 unspecified atom stereocenters. The molecule has 0 aliphatic heterocycles. The molecule has 0 aliphatic carbocycles. The fourth-order valence-electron chi connectivity index (χ4n) is 3.42. The lowest BCUT2D eigenvalue weighted by atomic mass is 10.1. The number of nitrogens with two attached hydrogens (primary N) is 3. The van der Waals surface area contributed by atoms with Crippen molar-refractivity contribution >= 4 is 91.9 Å². The highest BCUT2D eigenvalue weighted by atomic mass is 33.1. The van der Waals surface area contributed by atoms with Gasteiger partial charge in [-0.25, -0.2) is 0 Å². The van der Waals surface area contributed by atoms with E-state index in [-0.39, 0.29) is 48.1 Å². The monoisotopic (exact) mass is 867 g/mol. The molecule has 15 N–H and O–H groups in total. The molecule has 0 heterocycles. The molecule has 0 aliphatic rings. The maximum Gasteiger partial charge on any atom is 0.322 e. The molecule has 0 radical (unpaired) electrons. The van der Waals surface area contributed by atoms with E-state index in [2.05, 4.69) is 21.3 Å². The van der Waals surface area contributed by atoms with Crippen molar-refractivity contribution in [1.82, 2.24) is 21.3 Å². The van der Waals surface area contributed by atoms with Crippen LogP contribution in [0.5, 0.6) is 0 Å². The Morgan fingerprint density at radius 1 is 0.579 bits per heavy atom. The quantitative estimate of drug-likeness (QED) is 0.0378. The molecule has 22 nitrogen and oxygen atoms in total. The molecule has 320 valence electrons. The van der Waals surface area contributed by atoms with Crippen LogP contribution in [0.25, 0.3) is 0 Å². The number of hydrogen-bond donors (Lipinski definition) is 12. The second kappa shape index (κ2) is 31.2. The lowest BCUT2D eigenvalue weighted by Crippen LogP contribution is -2.49. The third-order valence-electron chi connectivity index (χ3n) is 6.40. The van der Waals surface area contributed by atoms with E-state index in [1.165, 1.54) is 0 Å². The lowest BCUT2D eigenvalue weighted by Gasteiger charge is -2.18. The first-order valence-electron chi connectivity index (χ1n) is 16.7. The molecular weight excluding hydrogens is 819 g/mol. The zero-order valence-electron chi connectivity index (χ0n) is 30.9. The number of thioether (sulfide) groups is 1. The van der Waals surface area contributed by atoms with Crippen molar-refractivity contribution in [2.24, 2.45) is 17.2 Å². The minimum Gasteiger partial charge on any atom is -0.480 e. The Morgan fingerprint density at radius 3 is 1.35 bits per heavy atom. The summed E-state index contributed by atoms with van der Waals surface area (Å²) in [6, 6.07) is 2.48. The van der Waals surface area contributed by atoms with E-state index < -0.39 is 96.8 Å². The second-order valence-electron chi connectivity index (χ2n) is 10.9. The number of benzene rings is 1. The molecular formula is C32H49N7O15S3. The maximum absolute atomic E-state index is 12.2. The van der Waals surface area contributed by atoms with Gasteiger partial charge in [0.2, 0.25) is 28.7 Å². The van der Waals surface area contributed by atoms with E-state index in [1.54, 1.807) is 30.3 Å². The first kappa shape index (κ1) is 54.2. The average Bonchev–Trinajstić information content (AvgIpc) is 3.17. The van der Waals surface area contributed by atoms with Crippen LogP contribution in [0.3, 0.4) is 0 Å². The molecule has 0 aromatic heterocycles. The van der Waals surface area contributed by atoms with Gasteiger partial charge in [-0.3, -0.25) is 47.9 Å². The van der Waals surface area contributed by atoms with Crippen LogP contribution in [0.2, 0.25) is 0 Å². The number of carbonyl (C=O) groups excluding carboxylic acids is 5. The summed E-state index contributed by atoms with van der Waals surface area (Å²) in [4.78, 5) is 113. The number of carbonyl (C=O) groups is 10. The Kier molecular flexibility index (Phi) is 29.6. The molecule has 0 fully saturated rings. The topological polar surface area (TPSA) is 398 Å². The SMILES string of the molecule is CC.N[C@@H](CCC(=O)N[C@@H](CSC(=O)c1ccccc1)C(=O)NCC(=O)O)C(=O)O.N[C@@H](CCC(=O)N[C@@H](CSSC[C@H](N)C(=O)O)C(=O)NCC(=O)O)C(=O)O. The van der Waals surface area contributed by atoms with Crippen molar-refractivity contribution in [2.75, 3.05) is 30.3 Å². The molecule has 25 heteroatoms. The van der Waals surface area contributed by atoms with Crippen molar-refractivity contribution < 1.29 is 73.5 Å². The van der Waals surface area contributed by atoms with E-state index in [1.807, 2.05) is 13.8 Å². The zero-order valence-corrected chi connectivity index (χ0v) is 33.4. The molecule has 1 aromatic rings. The van der Waals surface area contributed by atoms with Crippen LogP contribution >= 0.6 is 33.3 Å². The van der Waals surface area contributed by atoms with Gasteiger partial charge in [0.25, 0.3) is 0 Å². The normalized spacial score (nSPS) is 12.8. The molecule has 5 atom stereocenters. The van der Waals surface area contributed by atoms with Crippen LogP contribution in [-0.2, 0) is 43.2 Å². The summed E-state index contributed by atoms with van der Waals surface area (Å²) in [6.07, 6.45) is -0.758. The molecule has 0 spiro atoms. The Morgan fingerprint density at radius 2 is 0.965 bits per heavy atom. The van der Waals surface area contributed by atoms with Crippen LogP contribution in [0.4, 0.5) is 0 Å². The van der Waals surface area contributed by atoms with Crippen molar-refractivity contribution in [3.05, 3.63) is 35.9 Å². The summed E-state index contributed by atoms with van der Waals surface area (Å²) >= 11 is 0.791. The van der Waals surface area contributed by atoms with Crippen molar-refractivity contribution in [3.8, 4) is 0 Å². The maximum atomic E-state index is 12.2. The van der Waals surface area contributed by atoms with E-state index in [4.69, 9.17) is 42.7 Å². The Hall–Kier alpha value is -4.95. The van der Waals surface area contributed by atoms with Gasteiger partial charge in [-0.2, -0.15) is 0 Å². The first-order valence-corrected chi connectivity index (χ1v) is 20.2. The van der Waals surface area contributed by atoms with Gasteiger partial charge in [-0.15, -0.1) is 0 Å². The molecule has 0 saturated heterocycles. The molecule has 0 bridgehead atoms. The van der Waals surface area contributed by atoms with Gasteiger partial charge in [0.15, 0.2) is 0 Å². The number of carboxylic acid groups (broad SMARTS) is 5. The van der Waals surface area contributed by atoms with Gasteiger partial charge in [0.1, 0.15) is 43.3 Å². The third kappa shape index (κ3) is 27.3. The highest BCUT2D eigenvalue weighted by Gasteiger charge is 2.25. The van der Waals surface area contributed by atoms with Gasteiger partial charge in [-0.1, -0.05) is 77.5 Å². The van der Waals surface area contributed by atoms with Gasteiger partial charge >= 0.3 is 29.8 Å². The standard InChI is InChI=1S/C17H21N3O7S.C13H22N4O8S2.C2H6/c18-11(16(25)26)6-7-13(21)20-12(15(24)19-8-14(22)23)9-28-17(27)10-4-2-1-3-5-10;14-6(12(22)23)1-2-9(18)17-8(11(21)16-3-10(19)20)5-27-26-4-7(15)13(24)25;1-2/h1-5,11-12H,6-9,18H2,(H,19,24)(H,20,21)(H,22,23)(H,25,26);6-8H,1-5,14-15H2,(H,16,21)(H,17,18)(H,19,20)(H,22,23)(H,24,25);1-2H3/t11-,12-;6-,7-,8-;/m00./s1. The van der Waals surface area contributed by atoms with Crippen molar-refractivity contribution in [2.45, 2.75) is 69.7 Å². The van der Waals surface area contributed by atoms with E-state index in [9.17, 15) is 47.9 Å². The van der Waals surface area contributed by atoms with Crippen molar-refractivity contribution in [1.29, 1.82) is 0 Å². The highest BCUT2D eigenvalue weighted by molar-refractivity contribution is 8.76. The number of rotatable bonds is 25. The summed E-state index contributed by atoms with van der Waals surface area (Å²) in [6.45, 7) is 2.71. The van der Waals surface area contributed by atoms with Gasteiger partial charge in [0, 0.05) is 35.7 Å². The minimum atomic E-state index is -1.27. The smallest absolute Gasteiger partial charge is 0.322 e. The minimum absolute atomic E-state index is 0.0131. The summed E-state index contributed by atoms with van der Waals surface area (Å²) in [5, 5.41) is 52.0. The fourth-order valence-corrected chi connectivity index (χ4v) is 6.55. The summed E-state index contributed by atoms with van der Waals surface area (Å²) < 4.78 is 0. The molecule has 0 saturated carbocycles. The summed E-state index contributed by atoms with van der Waals surface area (Å²) in [7, 11) is 2.15. The summed E-state index contributed by atoms with van der Waals surface area (Å²) in [5.74, 6) is -9.07. The van der Waals surface area contributed by atoms with E-state index >= 15 is 0 Å². The Balaban J connectivity index is 0. The van der Waals surface area contributed by atoms with E-state index in [0.717, 1.165) is 33.3 Å². The molecule has 4 amide bonds. The van der Waals surface area contributed by atoms with Crippen molar-refractivity contribution in [3.63, 3.8) is 0 Å². The number of amides is 4. The van der Waals surface area contributed by atoms with Crippen LogP contribution in [0, 0.1) is 0 Å². The zero-order chi connectivity index (χ0) is 44.1. The van der Waals surface area contributed by atoms with Crippen LogP contribution < -0.4 is 38.5 Å². The Labute approximate surface area is 339 Å². The number of nitrogens with one attached hydrogen (secondary N) is 4. The van der Waals surface area contributed by atoms with Crippen LogP contribution in [0.15, 0.2) is 30.3 Å². The summed E-state index contributed by atoms with van der Waals surface area (Å²) in [5.41, 5.74) is 16.4. The predicted molar refractivity (Wildman–Crippen MR) is 210 cm³/mol. The van der Waals surface area contributed by atoms with Crippen LogP contribution in [0.1, 0.15) is 49.9 Å². The van der Waals surface area contributed by atoms with Gasteiger partial charge in [-0.05, 0) is 12.8 Å². The molecule has 1 aromatic carbocycles. The second-order valence-corrected chi connectivity index (χ2v) is 14.5. The molecule has 1 rings (SSSR count). The molecule has 57 heavy (non-hydrogen) atoms. The highest BCUT2D eigenvalue weighted by Crippen LogP contribution is 2.23. The Bertz CT molecular complexity index is 1510. The lowest BCUT2D eigenvalue weighted by molar-refractivity contribution is -0.140. The van der Waals surface area contributed by atoms with Crippen LogP contribution in [-0.4, -0.2) is 145 Å². The fraction of sp³-hybridized carbons (Fsp3) is 0.500. The number of aliphatic carboxylic acids is 5. The largest absolute Gasteiger partial charge is 0.480 e.